The quantitative estimate of drug-likeness (QED) is 0.449. The minimum absolute atomic E-state index is 0. The first-order chi connectivity index (χ1) is 9.69. The number of rotatable bonds is 5. The second-order valence-corrected chi connectivity index (χ2v) is 5.93. The molecule has 3 heteroatoms. The SMILES string of the molecule is CC(C[TeH])Cc1ccc(C(=O)Oc2ccccc2)cc1.[H+]. The second-order valence-electron chi connectivity index (χ2n) is 4.89. The number of para-hydroxylation sites is 1. The minimum atomic E-state index is -0.311. The summed E-state index contributed by atoms with van der Waals surface area (Å²) in [5.41, 5.74) is 1.86. The van der Waals surface area contributed by atoms with E-state index in [2.05, 4.69) is 6.92 Å². The van der Waals surface area contributed by atoms with E-state index in [0.717, 1.165) is 6.42 Å². The van der Waals surface area contributed by atoms with Gasteiger partial charge in [0.15, 0.2) is 0 Å². The van der Waals surface area contributed by atoms with Crippen molar-refractivity contribution in [1.29, 1.82) is 0 Å². The third-order valence-electron chi connectivity index (χ3n) is 3.04. The van der Waals surface area contributed by atoms with Crippen molar-refractivity contribution in [3.05, 3.63) is 65.7 Å². The van der Waals surface area contributed by atoms with Crippen molar-refractivity contribution in [1.82, 2.24) is 0 Å². The van der Waals surface area contributed by atoms with Crippen LogP contribution in [0.15, 0.2) is 54.6 Å². The number of carbonyl (C=O) groups excluding carboxylic acids is 1. The normalized spacial score (nSPS) is 11.9. The van der Waals surface area contributed by atoms with E-state index in [1.54, 1.807) is 12.1 Å². The third-order valence-corrected chi connectivity index (χ3v) is 4.82. The summed E-state index contributed by atoms with van der Waals surface area (Å²) in [6.07, 6.45) is 1.06. The Bertz CT molecular complexity index is 555. The number of hydrogen-bond donors (Lipinski definition) is 0. The summed E-state index contributed by atoms with van der Waals surface area (Å²) in [6, 6.07) is 16.8. The molecule has 0 amide bonds. The monoisotopic (exact) mass is 385 g/mol. The fourth-order valence-corrected chi connectivity index (χ4v) is 2.27. The maximum Gasteiger partial charge on any atom is 1.00 e. The van der Waals surface area contributed by atoms with E-state index in [1.165, 1.54) is 10.0 Å². The van der Waals surface area contributed by atoms with Crippen molar-refractivity contribution in [3.8, 4) is 5.75 Å². The van der Waals surface area contributed by atoms with Crippen molar-refractivity contribution in [2.45, 2.75) is 17.8 Å². The van der Waals surface area contributed by atoms with Crippen molar-refractivity contribution in [3.63, 3.8) is 0 Å². The molecule has 0 bridgehead atoms. The molecular weight excluding hydrogens is 364 g/mol. The summed E-state index contributed by atoms with van der Waals surface area (Å²) in [5, 5.41) is 0. The van der Waals surface area contributed by atoms with Gasteiger partial charge in [-0.25, -0.2) is 0 Å². The molecule has 1 atom stereocenters. The number of ether oxygens (including phenoxy) is 1. The predicted octanol–water partition coefficient (Wildman–Crippen LogP) is 3.52. The van der Waals surface area contributed by atoms with Crippen LogP contribution in [0.1, 0.15) is 24.3 Å². The molecule has 1 unspecified atom stereocenters. The van der Waals surface area contributed by atoms with E-state index in [9.17, 15) is 4.79 Å². The smallest absolute Gasteiger partial charge is 1.00 e. The van der Waals surface area contributed by atoms with Crippen LogP contribution in [0, 0.1) is 5.92 Å². The third kappa shape index (κ3) is 4.37. The summed E-state index contributed by atoms with van der Waals surface area (Å²) in [4.78, 5) is 12.0. The average molecular weight is 383 g/mol. The van der Waals surface area contributed by atoms with Crippen molar-refractivity contribution in [2.75, 3.05) is 0 Å². The molecule has 2 aromatic carbocycles. The molecule has 104 valence electrons. The van der Waals surface area contributed by atoms with Gasteiger partial charge in [-0.2, -0.15) is 0 Å². The Balaban J connectivity index is 0.00000220. The zero-order valence-corrected chi connectivity index (χ0v) is 14.0. The Morgan fingerprint density at radius 2 is 1.80 bits per heavy atom. The fraction of sp³-hybridized carbons (Fsp3) is 0.235. The average Bonchev–Trinajstić information content (AvgIpc) is 2.49. The van der Waals surface area contributed by atoms with E-state index in [4.69, 9.17) is 4.74 Å². The van der Waals surface area contributed by atoms with Crippen molar-refractivity contribution in [2.24, 2.45) is 5.92 Å². The Kier molecular flexibility index (Phi) is 5.64. The van der Waals surface area contributed by atoms with Crippen molar-refractivity contribution >= 4 is 28.3 Å². The molecule has 0 aliphatic carbocycles. The molecular formula is C17H19O2Te+. The summed E-state index contributed by atoms with van der Waals surface area (Å²) in [5.74, 6) is 0.947. The van der Waals surface area contributed by atoms with Crippen LogP contribution < -0.4 is 4.74 Å². The van der Waals surface area contributed by atoms with Gasteiger partial charge in [-0.1, -0.05) is 6.07 Å². The molecule has 0 aliphatic rings. The van der Waals surface area contributed by atoms with Crippen LogP contribution in [0.25, 0.3) is 0 Å². The molecule has 0 fully saturated rings. The maximum absolute atomic E-state index is 12.0. The molecule has 0 heterocycles. The van der Waals surface area contributed by atoms with Gasteiger partial charge in [-0.3, -0.25) is 0 Å². The zero-order chi connectivity index (χ0) is 14.4. The summed E-state index contributed by atoms with van der Waals surface area (Å²) >= 11 is 1.85. The predicted molar refractivity (Wildman–Crippen MR) is 83.8 cm³/mol. The van der Waals surface area contributed by atoms with Crippen molar-refractivity contribution < 1.29 is 11.0 Å². The summed E-state index contributed by atoms with van der Waals surface area (Å²) < 4.78 is 6.52. The molecule has 2 nitrogen and oxygen atoms in total. The topological polar surface area (TPSA) is 26.3 Å². The summed E-state index contributed by atoms with van der Waals surface area (Å²) in [7, 11) is 0. The van der Waals surface area contributed by atoms with Gasteiger partial charge < -0.3 is 0 Å². The van der Waals surface area contributed by atoms with E-state index >= 15 is 0 Å². The van der Waals surface area contributed by atoms with Gasteiger partial charge in [-0.15, -0.1) is 0 Å². The van der Waals surface area contributed by atoms with Crippen LogP contribution in [0.5, 0.6) is 5.75 Å². The molecule has 0 spiro atoms. The molecule has 2 aromatic rings. The van der Waals surface area contributed by atoms with Crippen LogP contribution in [-0.4, -0.2) is 28.3 Å². The molecule has 0 saturated heterocycles. The van der Waals surface area contributed by atoms with Gasteiger partial charge in [0.05, 0.1) is 0 Å². The molecule has 20 heavy (non-hydrogen) atoms. The Morgan fingerprint density at radius 3 is 2.40 bits per heavy atom. The molecule has 2 rings (SSSR count). The van der Waals surface area contributed by atoms with E-state index < -0.39 is 0 Å². The Morgan fingerprint density at radius 1 is 1.15 bits per heavy atom. The van der Waals surface area contributed by atoms with Crippen LogP contribution >= 0.6 is 0 Å². The molecule has 0 aromatic heterocycles. The number of hydrogen-bond acceptors (Lipinski definition) is 2. The fourth-order valence-electron chi connectivity index (χ4n) is 1.90. The first-order valence-corrected chi connectivity index (χ1v) is 8.46. The molecule has 0 aliphatic heterocycles. The van der Waals surface area contributed by atoms with Gasteiger partial charge >= 0.3 is 128 Å². The molecule has 0 N–H and O–H groups in total. The van der Waals surface area contributed by atoms with Gasteiger partial charge in [0, 0.05) is 0 Å². The van der Waals surface area contributed by atoms with Gasteiger partial charge in [0.1, 0.15) is 0 Å². The standard InChI is InChI=1S/C17H18O2Te/c1-13(12-20)11-14-7-9-15(10-8-14)17(18)19-16-5-3-2-4-6-16/h2-10,13,20H,11-12H2,1H3/p+1. The molecule has 0 radical (unpaired) electrons. The first kappa shape index (κ1) is 15.1. The van der Waals surface area contributed by atoms with Gasteiger partial charge in [0.25, 0.3) is 0 Å². The van der Waals surface area contributed by atoms with Crippen LogP contribution in [0.3, 0.4) is 0 Å². The van der Waals surface area contributed by atoms with Crippen LogP contribution in [-0.2, 0) is 6.42 Å². The molecule has 0 saturated carbocycles. The Hall–Kier alpha value is -1.30. The first-order valence-electron chi connectivity index (χ1n) is 6.66. The van der Waals surface area contributed by atoms with Gasteiger partial charge in [0.2, 0.25) is 0 Å². The van der Waals surface area contributed by atoms with Crippen LogP contribution in [0.4, 0.5) is 0 Å². The second kappa shape index (κ2) is 7.47. The minimum Gasteiger partial charge on any atom is 1.00 e. The maximum atomic E-state index is 12.0. The number of esters is 1. The van der Waals surface area contributed by atoms with Crippen LogP contribution in [0.2, 0.25) is 4.47 Å². The number of carbonyl (C=O) groups is 1. The number of benzene rings is 2. The van der Waals surface area contributed by atoms with E-state index in [0.29, 0.717) is 17.2 Å². The zero-order valence-electron chi connectivity index (χ0n) is 12.5. The largest absolute Gasteiger partial charge is 1.00 e. The Labute approximate surface area is 134 Å². The summed E-state index contributed by atoms with van der Waals surface area (Å²) in [6.45, 7) is 2.25. The van der Waals surface area contributed by atoms with E-state index in [1.807, 2.05) is 64.8 Å². The van der Waals surface area contributed by atoms with E-state index in [-0.39, 0.29) is 7.40 Å². The van der Waals surface area contributed by atoms with Gasteiger partial charge in [-0.05, 0) is 0 Å².